The van der Waals surface area contributed by atoms with Crippen molar-refractivity contribution in [2.75, 3.05) is 13.6 Å². The van der Waals surface area contributed by atoms with E-state index in [9.17, 15) is 18.7 Å². The number of para-hydroxylation sites is 1. The van der Waals surface area contributed by atoms with E-state index in [1.165, 1.54) is 12.1 Å². The molecule has 132 valence electrons. The van der Waals surface area contributed by atoms with E-state index in [0.29, 0.717) is 17.5 Å². The van der Waals surface area contributed by atoms with Gasteiger partial charge in [-0.3, -0.25) is 9.69 Å². The maximum atomic E-state index is 13.6. The molecule has 1 amide bonds. The third-order valence-electron chi connectivity index (χ3n) is 4.62. The summed E-state index contributed by atoms with van der Waals surface area (Å²) in [6.45, 7) is 0.741. The van der Waals surface area contributed by atoms with Crippen molar-refractivity contribution in [3.05, 3.63) is 65.2 Å². The maximum Gasteiger partial charge on any atom is 0.224 e. The highest BCUT2D eigenvalue weighted by molar-refractivity contribution is 5.79. The van der Waals surface area contributed by atoms with E-state index in [2.05, 4.69) is 5.32 Å². The molecule has 2 atom stereocenters. The second kappa shape index (κ2) is 7.19. The Kier molecular flexibility index (Phi) is 4.99. The number of hydrogen-bond donors (Lipinski definition) is 2. The lowest BCUT2D eigenvalue weighted by Gasteiger charge is -2.26. The van der Waals surface area contributed by atoms with Gasteiger partial charge < -0.3 is 10.4 Å². The third-order valence-corrected chi connectivity index (χ3v) is 4.62. The monoisotopic (exact) mass is 346 g/mol. The van der Waals surface area contributed by atoms with E-state index >= 15 is 0 Å². The third kappa shape index (κ3) is 3.79. The van der Waals surface area contributed by atoms with Crippen LogP contribution in [0, 0.1) is 11.6 Å². The number of nitrogens with zero attached hydrogens (tertiary/aromatic N) is 1. The van der Waals surface area contributed by atoms with Crippen molar-refractivity contribution in [1.29, 1.82) is 0 Å². The first-order valence-electron chi connectivity index (χ1n) is 8.17. The summed E-state index contributed by atoms with van der Waals surface area (Å²) >= 11 is 0. The Morgan fingerprint density at radius 3 is 2.72 bits per heavy atom. The number of halogens is 2. The van der Waals surface area contributed by atoms with Gasteiger partial charge in [0.1, 0.15) is 5.75 Å². The summed E-state index contributed by atoms with van der Waals surface area (Å²) in [5.74, 6) is -1.91. The van der Waals surface area contributed by atoms with Gasteiger partial charge in [-0.25, -0.2) is 8.78 Å². The van der Waals surface area contributed by atoms with Crippen molar-refractivity contribution in [3.8, 4) is 5.75 Å². The quantitative estimate of drug-likeness (QED) is 0.895. The number of likely N-dealkylation sites (tertiary alicyclic amines) is 1. The minimum Gasteiger partial charge on any atom is -0.508 e. The van der Waals surface area contributed by atoms with Crippen LogP contribution in [0.1, 0.15) is 23.6 Å². The van der Waals surface area contributed by atoms with Gasteiger partial charge in [0, 0.05) is 18.2 Å². The lowest BCUT2D eigenvalue weighted by molar-refractivity contribution is -0.121. The number of phenols is 1. The Morgan fingerprint density at radius 2 is 2.00 bits per heavy atom. The molecule has 2 N–H and O–H groups in total. The zero-order valence-corrected chi connectivity index (χ0v) is 13.9. The number of benzene rings is 2. The summed E-state index contributed by atoms with van der Waals surface area (Å²) in [7, 11) is 1.89. The molecule has 2 aromatic carbocycles. The van der Waals surface area contributed by atoms with Gasteiger partial charge in [-0.2, -0.15) is 0 Å². The van der Waals surface area contributed by atoms with E-state index in [-0.39, 0.29) is 30.2 Å². The van der Waals surface area contributed by atoms with Gasteiger partial charge >= 0.3 is 0 Å². The zero-order valence-electron chi connectivity index (χ0n) is 13.9. The fourth-order valence-corrected chi connectivity index (χ4v) is 3.37. The van der Waals surface area contributed by atoms with Crippen molar-refractivity contribution in [3.63, 3.8) is 0 Å². The molecule has 1 heterocycles. The summed E-state index contributed by atoms with van der Waals surface area (Å²) < 4.78 is 26.8. The minimum absolute atomic E-state index is 0.0669. The largest absolute Gasteiger partial charge is 0.508 e. The molecule has 25 heavy (non-hydrogen) atoms. The Hall–Kier alpha value is -2.47. The number of rotatable bonds is 4. The predicted molar refractivity (Wildman–Crippen MR) is 90.1 cm³/mol. The van der Waals surface area contributed by atoms with Crippen LogP contribution >= 0.6 is 0 Å². The standard InChI is InChI=1S/C19H20F2N2O2/c1-23-9-8-16(19(23)13-6-7-14(20)15(21)10-13)22-18(25)11-12-4-2-3-5-17(12)24/h2-7,10,16,19,24H,8-9,11H2,1H3,(H,22,25)/t16-,19-/m0/s1. The van der Waals surface area contributed by atoms with Crippen molar-refractivity contribution in [1.82, 2.24) is 10.2 Å². The molecule has 6 heteroatoms. The maximum absolute atomic E-state index is 13.6. The van der Waals surface area contributed by atoms with E-state index in [4.69, 9.17) is 0 Å². The summed E-state index contributed by atoms with van der Waals surface area (Å²) in [5, 5.41) is 12.7. The van der Waals surface area contributed by atoms with Gasteiger partial charge in [-0.1, -0.05) is 24.3 Å². The van der Waals surface area contributed by atoms with Crippen LogP contribution in [0.15, 0.2) is 42.5 Å². The molecule has 0 aromatic heterocycles. The molecule has 1 saturated heterocycles. The van der Waals surface area contributed by atoms with E-state index in [0.717, 1.165) is 12.6 Å². The van der Waals surface area contributed by atoms with Crippen LogP contribution in [0.5, 0.6) is 5.75 Å². The van der Waals surface area contributed by atoms with Gasteiger partial charge in [-0.15, -0.1) is 0 Å². The number of amides is 1. The highest BCUT2D eigenvalue weighted by Crippen LogP contribution is 2.32. The molecule has 1 aliphatic rings. The van der Waals surface area contributed by atoms with Crippen LogP contribution in [-0.4, -0.2) is 35.5 Å². The molecule has 0 radical (unpaired) electrons. The van der Waals surface area contributed by atoms with Crippen molar-refractivity contribution in [2.24, 2.45) is 0 Å². The average Bonchev–Trinajstić information content (AvgIpc) is 2.93. The van der Waals surface area contributed by atoms with Crippen molar-refractivity contribution >= 4 is 5.91 Å². The summed E-state index contributed by atoms with van der Waals surface area (Å²) in [5.41, 5.74) is 1.18. The fraction of sp³-hybridized carbons (Fsp3) is 0.316. The van der Waals surface area contributed by atoms with Gasteiger partial charge in [-0.05, 0) is 37.2 Å². The molecule has 0 aliphatic carbocycles. The first-order chi connectivity index (χ1) is 12.0. The molecular weight excluding hydrogens is 326 g/mol. The summed E-state index contributed by atoms with van der Waals surface area (Å²) in [6, 6.07) is 10.1. The Morgan fingerprint density at radius 1 is 1.24 bits per heavy atom. The number of nitrogens with one attached hydrogen (secondary N) is 1. The topological polar surface area (TPSA) is 52.6 Å². The smallest absolute Gasteiger partial charge is 0.224 e. The second-order valence-electron chi connectivity index (χ2n) is 6.37. The molecular formula is C19H20F2N2O2. The number of aromatic hydroxyl groups is 1. The molecule has 2 aromatic rings. The van der Waals surface area contributed by atoms with Crippen LogP contribution in [0.4, 0.5) is 8.78 Å². The van der Waals surface area contributed by atoms with Crippen LogP contribution < -0.4 is 5.32 Å². The fourth-order valence-electron chi connectivity index (χ4n) is 3.37. The highest BCUT2D eigenvalue weighted by Gasteiger charge is 2.34. The Balaban J connectivity index is 1.73. The van der Waals surface area contributed by atoms with Gasteiger partial charge in [0.2, 0.25) is 5.91 Å². The Labute approximate surface area is 145 Å². The number of carbonyl (C=O) groups excluding carboxylic acids is 1. The SMILES string of the molecule is CN1CC[C@H](NC(=O)Cc2ccccc2O)[C@@H]1c1ccc(F)c(F)c1. The lowest BCUT2D eigenvalue weighted by Crippen LogP contribution is -2.39. The van der Waals surface area contributed by atoms with E-state index < -0.39 is 11.6 Å². The molecule has 0 spiro atoms. The van der Waals surface area contributed by atoms with Crippen LogP contribution in [0.2, 0.25) is 0 Å². The van der Waals surface area contributed by atoms with Gasteiger partial charge in [0.15, 0.2) is 11.6 Å². The number of likely N-dealkylation sites (N-methyl/N-ethyl adjacent to an activating group) is 1. The van der Waals surface area contributed by atoms with Gasteiger partial charge in [0.25, 0.3) is 0 Å². The minimum atomic E-state index is -0.892. The number of carbonyl (C=O) groups is 1. The molecule has 1 aliphatic heterocycles. The number of hydrogen-bond acceptors (Lipinski definition) is 3. The molecule has 0 bridgehead atoms. The normalized spacial score (nSPS) is 20.6. The van der Waals surface area contributed by atoms with Crippen molar-refractivity contribution < 1.29 is 18.7 Å². The first kappa shape index (κ1) is 17.4. The lowest BCUT2D eigenvalue weighted by atomic mass is 9.99. The average molecular weight is 346 g/mol. The second-order valence-corrected chi connectivity index (χ2v) is 6.37. The molecule has 0 unspecified atom stereocenters. The van der Waals surface area contributed by atoms with Gasteiger partial charge in [0.05, 0.1) is 12.5 Å². The molecule has 3 rings (SSSR count). The predicted octanol–water partition coefficient (Wildman–Crippen LogP) is 2.77. The number of phenolic OH excluding ortho intramolecular Hbond substituents is 1. The molecule has 0 saturated carbocycles. The van der Waals surface area contributed by atoms with E-state index in [1.54, 1.807) is 24.3 Å². The molecule has 4 nitrogen and oxygen atoms in total. The summed E-state index contributed by atoms with van der Waals surface area (Å²) in [4.78, 5) is 14.4. The van der Waals surface area contributed by atoms with Crippen LogP contribution in [0.25, 0.3) is 0 Å². The van der Waals surface area contributed by atoms with Crippen LogP contribution in [-0.2, 0) is 11.2 Å². The molecule has 1 fully saturated rings. The Bertz CT molecular complexity index is 782. The first-order valence-corrected chi connectivity index (χ1v) is 8.17. The van der Waals surface area contributed by atoms with Crippen molar-refractivity contribution in [2.45, 2.75) is 24.9 Å². The highest BCUT2D eigenvalue weighted by atomic mass is 19.2. The summed E-state index contributed by atoms with van der Waals surface area (Å²) in [6.07, 6.45) is 0.782. The van der Waals surface area contributed by atoms with E-state index in [1.807, 2.05) is 11.9 Å². The van der Waals surface area contributed by atoms with Crippen LogP contribution in [0.3, 0.4) is 0 Å². The zero-order chi connectivity index (χ0) is 18.0.